The van der Waals surface area contributed by atoms with Gasteiger partial charge in [0, 0.05) is 52.1 Å². The molecule has 11 N–H and O–H groups in total. The number of benzene rings is 9. The van der Waals surface area contributed by atoms with Crippen molar-refractivity contribution >= 4 is 101 Å². The van der Waals surface area contributed by atoms with Gasteiger partial charge in [0.25, 0.3) is 59.2 Å². The first-order valence-corrected chi connectivity index (χ1v) is 39.9. The number of rotatable bonds is 21. The molecule has 2 unspecified atom stereocenters. The van der Waals surface area contributed by atoms with E-state index in [1.54, 1.807) is 170 Å². The minimum atomic E-state index is -0.914. The van der Waals surface area contributed by atoms with Gasteiger partial charge in [-0.1, -0.05) is 134 Å². The van der Waals surface area contributed by atoms with Gasteiger partial charge in [0.2, 0.25) is 40.5 Å². The van der Waals surface area contributed by atoms with Crippen LogP contribution in [-0.4, -0.2) is 141 Å². The molecule has 2 aliphatic rings. The Kier molecular flexibility index (Phi) is 28.8. The highest BCUT2D eigenvalue weighted by molar-refractivity contribution is 6.08. The summed E-state index contributed by atoms with van der Waals surface area (Å²) >= 11 is 0. The molecular weight excluding hydrogens is 1630 g/mol. The first-order chi connectivity index (χ1) is 61.5. The number of anilines is 8. The molecule has 37 heteroatoms. The normalized spacial score (nSPS) is 13.1. The Morgan fingerprint density at radius 1 is 0.433 bits per heavy atom. The van der Waals surface area contributed by atoms with E-state index in [4.69, 9.17) is 12.0 Å². The number of hydrogen-bond donors (Lipinski definition) is 11. The fourth-order valence-electron chi connectivity index (χ4n) is 13.2. The van der Waals surface area contributed by atoms with E-state index in [1.807, 2.05) is 86.6 Å². The van der Waals surface area contributed by atoms with E-state index in [0.717, 1.165) is 96.4 Å². The molecule has 127 heavy (non-hydrogen) atoms. The molecule has 9 aromatic carbocycles. The first-order valence-electron chi connectivity index (χ1n) is 39.9. The smallest absolute Gasteiger partial charge is 0.258 e. The van der Waals surface area contributed by atoms with E-state index in [1.165, 1.54) is 15.4 Å². The number of carbonyl (C=O) groups is 8. The van der Waals surface area contributed by atoms with Crippen LogP contribution in [0.3, 0.4) is 0 Å². The van der Waals surface area contributed by atoms with Crippen molar-refractivity contribution in [3.8, 4) is 35.1 Å². The molecule has 2 aliphatic heterocycles. The van der Waals surface area contributed by atoms with Crippen LogP contribution in [0.5, 0.6) is 0 Å². The van der Waals surface area contributed by atoms with Crippen molar-refractivity contribution in [3.63, 3.8) is 0 Å². The number of nitrogens with one attached hydrogen (secondary N) is 11. The van der Waals surface area contributed by atoms with Gasteiger partial charge in [0.05, 0.1) is 35.9 Å². The molecule has 35 nitrogen and oxygen atoms in total. The lowest BCUT2D eigenvalue weighted by molar-refractivity contribution is -0.119. The zero-order valence-electron chi connectivity index (χ0n) is 69.1. The monoisotopic (exact) mass is 1710 g/mol. The van der Waals surface area contributed by atoms with Crippen LogP contribution in [0.25, 0.3) is 22.7 Å². The summed E-state index contributed by atoms with van der Waals surface area (Å²) in [6.07, 6.45) is 14.5. The molecule has 5 aromatic heterocycles. The van der Waals surface area contributed by atoms with E-state index in [-0.39, 0.29) is 88.6 Å². The molecule has 2 fully saturated rings. The lowest BCUT2D eigenvalue weighted by Gasteiger charge is -2.22. The Labute approximate surface area is 724 Å². The van der Waals surface area contributed by atoms with E-state index in [9.17, 15) is 47.1 Å². The fraction of sp³-hybridized carbons (Fsp3) is 0.167. The van der Waals surface area contributed by atoms with E-state index >= 15 is 0 Å². The number of carbonyl (C=O) groups excluding carboxylic acids is 8. The van der Waals surface area contributed by atoms with Crippen LogP contribution in [0.2, 0.25) is 0 Å². The number of aryl methyl sites for hydroxylation is 5. The number of nitrogens with zero attached hydrogens (tertiary/aromatic N) is 16. The molecular formula is C90H84F2N27O8+. The van der Waals surface area contributed by atoms with Crippen molar-refractivity contribution in [2.45, 2.75) is 78.3 Å². The first kappa shape index (κ1) is 88.0. The molecule has 0 radical (unpaired) electrons. The molecule has 0 bridgehead atoms. The summed E-state index contributed by atoms with van der Waals surface area (Å²) in [7, 11) is 1.77. The molecule has 0 spiro atoms. The Morgan fingerprint density at radius 2 is 0.835 bits per heavy atom. The summed E-state index contributed by atoms with van der Waals surface area (Å²) in [5.41, 5.74) is 15.3. The quantitative estimate of drug-likeness (QED) is 0.0181. The highest BCUT2D eigenvalue weighted by atomic mass is 19.1. The van der Waals surface area contributed by atoms with Crippen LogP contribution >= 0.6 is 0 Å². The topological polar surface area (TPSA) is 448 Å². The predicted molar refractivity (Wildman–Crippen MR) is 471 cm³/mol. The number of terminal acetylenes is 1. The molecule has 7 heterocycles. The second-order valence-electron chi connectivity index (χ2n) is 28.8. The minimum Gasteiger partial charge on any atom is -0.306 e. The molecule has 16 rings (SSSR count). The third-order valence-electron chi connectivity index (χ3n) is 19.7. The maximum Gasteiger partial charge on any atom is 0.258 e. The number of para-hydroxylation sites is 2. The second kappa shape index (κ2) is 41.6. The zero-order valence-corrected chi connectivity index (χ0v) is 69.1. The Hall–Kier alpha value is -16.8. The number of piperidine rings is 2. The Bertz CT molecular complexity index is 6460. The van der Waals surface area contributed by atoms with Crippen molar-refractivity contribution in [2.24, 2.45) is 12.2 Å². The third-order valence-corrected chi connectivity index (χ3v) is 19.7. The summed E-state index contributed by atoms with van der Waals surface area (Å²) in [5, 5.41) is 53.1. The maximum atomic E-state index is 14.5. The summed E-state index contributed by atoms with van der Waals surface area (Å²) in [5.74, 6) is -1.51. The number of halogens is 2. The lowest BCUT2D eigenvalue weighted by Crippen LogP contribution is -2.44. The highest BCUT2D eigenvalue weighted by Gasteiger charge is 2.29. The predicted octanol–water partition coefficient (Wildman–Crippen LogP) is 13.2. The Morgan fingerprint density at radius 3 is 1.27 bits per heavy atom. The average Bonchev–Trinajstić information content (AvgIpc) is 1.67. The van der Waals surface area contributed by atoms with Crippen molar-refractivity contribution in [1.29, 1.82) is 5.53 Å². The van der Waals surface area contributed by atoms with Crippen molar-refractivity contribution < 1.29 is 47.1 Å². The summed E-state index contributed by atoms with van der Waals surface area (Å²) in [6.45, 7) is 8.92. The molecule has 8 amide bonds. The number of aromatic nitrogens is 14. The van der Waals surface area contributed by atoms with Crippen LogP contribution in [-0.2, 0) is 16.6 Å². The van der Waals surface area contributed by atoms with Gasteiger partial charge < -0.3 is 10.6 Å². The lowest BCUT2D eigenvalue weighted by atomic mass is 10.0. The van der Waals surface area contributed by atoms with Crippen LogP contribution in [0.4, 0.5) is 62.1 Å². The SMILES string of the molecule is C#Cc1ccc(C(=O)Nc2nc(NC(=O)c3cccc(N=[N+]=N)c3)nn2-c2ccccc2)cc1.Cc1ccccc1C(=O)Nc1nc(NC(=O)c2ccccc2C)n(-c2ccc(F)cc2F)n1.Cc1ccccc1C(=O)Nc1nc(NC(=O)c2ccccc2C)n(-c2cnn(C)c2)n1.O=C(Nc1nc(NC(=O)C2CCCCN2)n(-c2ccccc2)n1)C1CCCCN1. The summed E-state index contributed by atoms with van der Waals surface area (Å²) in [6, 6.07) is 62.0. The van der Waals surface area contributed by atoms with Crippen LogP contribution in [0, 0.1) is 57.2 Å². The van der Waals surface area contributed by atoms with Gasteiger partial charge in [0.15, 0.2) is 16.6 Å². The average molecular weight is 1710 g/mol. The molecule has 14 aromatic rings. The van der Waals surface area contributed by atoms with E-state index in [2.05, 4.69) is 115 Å². The number of amides is 8. The molecule has 0 saturated carbocycles. The van der Waals surface area contributed by atoms with Gasteiger partial charge in [-0.25, -0.2) is 8.78 Å². The fourth-order valence-corrected chi connectivity index (χ4v) is 13.2. The van der Waals surface area contributed by atoms with Gasteiger partial charge in [-0.2, -0.15) is 43.8 Å². The van der Waals surface area contributed by atoms with Crippen LogP contribution < -0.4 is 58.1 Å². The summed E-state index contributed by atoms with van der Waals surface area (Å²) < 4.78 is 34.9. The molecule has 0 aliphatic carbocycles. The minimum absolute atomic E-state index is 0.0145. The maximum absolute atomic E-state index is 14.5. The van der Waals surface area contributed by atoms with Crippen molar-refractivity contribution in [2.75, 3.05) is 55.6 Å². The molecule has 2 atom stereocenters. The third kappa shape index (κ3) is 22.9. The van der Waals surface area contributed by atoms with Gasteiger partial charge in [-0.15, -0.1) is 26.8 Å². The van der Waals surface area contributed by atoms with E-state index < -0.39 is 35.3 Å². The Balaban J connectivity index is 0.000000145. The summed E-state index contributed by atoms with van der Waals surface area (Å²) in [4.78, 5) is 122. The zero-order chi connectivity index (χ0) is 89.5. The van der Waals surface area contributed by atoms with Gasteiger partial charge >= 0.3 is 0 Å². The second-order valence-corrected chi connectivity index (χ2v) is 28.8. The number of hydrogen-bond acceptors (Lipinski definition) is 21. The van der Waals surface area contributed by atoms with Crippen LogP contribution in [0.15, 0.2) is 242 Å². The van der Waals surface area contributed by atoms with Gasteiger partial charge in [0.1, 0.15) is 22.7 Å². The van der Waals surface area contributed by atoms with E-state index in [0.29, 0.717) is 62.5 Å². The highest BCUT2D eigenvalue weighted by Crippen LogP contribution is 2.27. The standard InChI is InChI=1S/C24H19F2N5O2.C24H16N8O2.C22H21N7O2.C20H27N7O2/c1-14-7-3-5-9-17(14)21(32)27-23-29-24(28-22(33)18-10-6-4-8-15(18)2)31(30-23)20-12-11-16(25)13-19(20)26;1-2-16-11-13-17(14-12-16)21(33)27-24-28-23(30-32(24)20-9-4-3-5-10-20)26-22(34)18-7-6-8-19(15-18)29-31-25;1-14-8-4-6-10-17(14)19(30)24-21-26-22(29(27-21)16-12-23-28(3)13-16)25-20(31)18-11-7-5-9-15(18)2;28-17(15-10-4-6-12-21-15)23-19-25-20(24-18(29)16-11-5-7-13-22-16)27(26-19)14-8-2-1-3-9-14/h3-13H,1-2H3,(H2,27,28,29,30,32,33);1,3-15,25H,(H-,26,27,28,30,33,34);4-13H,1-3H3,(H2,24,25,26,27,30,31);1-3,8-9,15-16,21-22H,4-7,10-13H2,(H2,23,24,25,26,28,29)/p+1. The van der Waals surface area contributed by atoms with Gasteiger partial charge in [-0.3, -0.25) is 85.6 Å². The molecule has 640 valence electrons. The van der Waals surface area contributed by atoms with Crippen molar-refractivity contribution in [1.82, 2.24) is 84.4 Å². The van der Waals surface area contributed by atoms with Gasteiger partial charge in [-0.05, 0) is 192 Å². The molecule has 2 saturated heterocycles. The largest absolute Gasteiger partial charge is 0.306 e. The van der Waals surface area contributed by atoms with Crippen molar-refractivity contribution in [3.05, 3.63) is 310 Å². The van der Waals surface area contributed by atoms with Crippen LogP contribution in [0.1, 0.15) is 128 Å².